The number of hydrogen-bond acceptors (Lipinski definition) is 14. The molecule has 3 aliphatic heterocycles. The number of aliphatic hydroxyl groups excluding tert-OH is 5. The number of carbonyl (C=O) groups excluding carboxylic acids is 2. The number of carboxylic acid groups (broad SMARTS) is 1. The third-order valence-electron chi connectivity index (χ3n) is 10.2. The quantitative estimate of drug-likeness (QED) is 0.179. The van der Waals surface area contributed by atoms with Crippen molar-refractivity contribution in [3.63, 3.8) is 0 Å². The fraction of sp³-hybridized carbons (Fsp3) is 0.718. The highest BCUT2D eigenvalue weighted by Gasteiger charge is 2.50. The fourth-order valence-electron chi connectivity index (χ4n) is 7.15. The van der Waals surface area contributed by atoms with Gasteiger partial charge in [-0.15, -0.1) is 0 Å². The van der Waals surface area contributed by atoms with Gasteiger partial charge in [-0.2, -0.15) is 0 Å². The van der Waals surface area contributed by atoms with Gasteiger partial charge < -0.3 is 60.4 Å². The Bertz CT molecular complexity index is 1320. The Morgan fingerprint density at radius 1 is 0.981 bits per heavy atom. The van der Waals surface area contributed by atoms with Crippen LogP contribution in [-0.4, -0.2) is 127 Å². The molecule has 0 saturated carbocycles. The number of Topliss-reactive ketones (excluding diaryl/α,β-unsaturated/α-hetero) is 1. The topological polar surface area (TPSA) is 256 Å². The lowest BCUT2D eigenvalue weighted by molar-refractivity contribution is -0.308. The second-order valence-corrected chi connectivity index (χ2v) is 14.7. The largest absolute Gasteiger partial charge is 0.481 e. The van der Waals surface area contributed by atoms with Gasteiger partial charge in [0.15, 0.2) is 12.1 Å². The Kier molecular flexibility index (Phi) is 18.6. The summed E-state index contributed by atoms with van der Waals surface area (Å²) in [6, 6.07) is -1.10. The van der Waals surface area contributed by atoms with Gasteiger partial charge in [0.25, 0.3) is 0 Å². The third kappa shape index (κ3) is 13.7. The average molecular weight is 768 g/mol. The number of aliphatic hydroxyl groups is 6. The van der Waals surface area contributed by atoms with E-state index in [2.05, 4.69) is 0 Å². The summed E-state index contributed by atoms with van der Waals surface area (Å²) in [5, 5.41) is 75.1. The van der Waals surface area contributed by atoms with E-state index in [1.54, 1.807) is 56.4 Å². The maximum Gasteiger partial charge on any atom is 0.311 e. The van der Waals surface area contributed by atoms with Gasteiger partial charge in [0.1, 0.15) is 23.9 Å². The predicted molar refractivity (Wildman–Crippen MR) is 195 cm³/mol. The SMILES string of the molecule is CCC[C@@H]1C/C=C/C=C/C=C/C=C/[C@H](O[C@@H]2O[C@H](C)[C@@H](O)[C@H](N)[C@@H]2O)CC2O[C@](O)(C[C@H](O)CCCC(=O)C[C@@H](O)[C@@H](CC)C(=O)O1)C[C@H](O)[C@H]2C(=O)O. The van der Waals surface area contributed by atoms with Crippen molar-refractivity contribution in [3.8, 4) is 0 Å². The normalized spacial score (nSPS) is 42.3. The number of esters is 1. The summed E-state index contributed by atoms with van der Waals surface area (Å²) >= 11 is 0. The van der Waals surface area contributed by atoms with Gasteiger partial charge in [-0.1, -0.05) is 68.9 Å². The molecular weight excluding hydrogens is 706 g/mol. The number of rotatable bonds is 6. The molecule has 2 fully saturated rings. The molecule has 54 heavy (non-hydrogen) atoms. The zero-order valence-electron chi connectivity index (χ0n) is 31.5. The third-order valence-corrected chi connectivity index (χ3v) is 10.2. The number of cyclic esters (lactones) is 1. The maximum absolute atomic E-state index is 13.0. The molecule has 1 unspecified atom stereocenters. The van der Waals surface area contributed by atoms with Crippen molar-refractivity contribution in [3.05, 3.63) is 48.6 Å². The first kappa shape index (κ1) is 45.6. The van der Waals surface area contributed by atoms with E-state index in [0.29, 0.717) is 12.8 Å². The van der Waals surface area contributed by atoms with Crippen LogP contribution in [0.25, 0.3) is 0 Å². The van der Waals surface area contributed by atoms with E-state index >= 15 is 0 Å². The second kappa shape index (κ2) is 22.0. The number of ketones is 1. The van der Waals surface area contributed by atoms with Crippen molar-refractivity contribution in [2.24, 2.45) is 17.6 Å². The molecule has 306 valence electrons. The minimum atomic E-state index is -2.15. The Balaban J connectivity index is 1.90. The molecular formula is C39H61NO14. The Morgan fingerprint density at radius 2 is 1.67 bits per heavy atom. The molecule has 15 heteroatoms. The molecule has 15 nitrogen and oxygen atoms in total. The summed E-state index contributed by atoms with van der Waals surface area (Å²) in [6.07, 6.45) is 2.99. The van der Waals surface area contributed by atoms with Crippen LogP contribution in [-0.2, 0) is 33.3 Å². The van der Waals surface area contributed by atoms with Crippen molar-refractivity contribution < 1.29 is 69.1 Å². The summed E-state index contributed by atoms with van der Waals surface area (Å²) in [7, 11) is 0. The van der Waals surface area contributed by atoms with Gasteiger partial charge >= 0.3 is 11.9 Å². The first-order valence-electron chi connectivity index (χ1n) is 19.1. The molecule has 3 aliphatic rings. The number of carbonyl (C=O) groups is 3. The molecule has 2 bridgehead atoms. The van der Waals surface area contributed by atoms with Crippen LogP contribution in [0, 0.1) is 11.8 Å². The van der Waals surface area contributed by atoms with E-state index in [4.69, 9.17) is 24.7 Å². The lowest BCUT2D eigenvalue weighted by Gasteiger charge is -2.45. The highest BCUT2D eigenvalue weighted by atomic mass is 16.7. The minimum absolute atomic E-state index is 0.0177. The van der Waals surface area contributed by atoms with Crippen LogP contribution in [0.1, 0.15) is 91.4 Å². The lowest BCUT2D eigenvalue weighted by Crippen LogP contribution is -2.61. The van der Waals surface area contributed by atoms with E-state index in [0.717, 1.165) is 6.42 Å². The summed E-state index contributed by atoms with van der Waals surface area (Å²) in [4.78, 5) is 38.2. The monoisotopic (exact) mass is 767 g/mol. The Labute approximate surface area is 317 Å². The molecule has 0 aromatic rings. The molecule has 2 saturated heterocycles. The molecule has 0 aromatic heterocycles. The summed E-state index contributed by atoms with van der Waals surface area (Å²) < 4.78 is 23.4. The smallest absolute Gasteiger partial charge is 0.311 e. The number of ether oxygens (including phenoxy) is 4. The van der Waals surface area contributed by atoms with Crippen molar-refractivity contribution in [1.29, 1.82) is 0 Å². The molecule has 14 atom stereocenters. The highest BCUT2D eigenvalue weighted by molar-refractivity contribution is 5.80. The van der Waals surface area contributed by atoms with E-state index in [-0.39, 0.29) is 44.3 Å². The van der Waals surface area contributed by atoms with Crippen molar-refractivity contribution in [2.75, 3.05) is 0 Å². The standard InChI is InChI=1S/C39H61NO14/c1-4-14-26-17-11-9-7-6-8-10-12-18-27(53-38-35(46)33(40)34(45)23(3)51-38)20-31-32(36(47)48)30(44)22-39(50,54-31)21-25(42)16-13-15-24(41)19-29(43)28(5-2)37(49)52-26/h6-12,18,23,25-35,38,42-46,50H,4-5,13-17,19-22,40H2,1-3H3,(H,47,48)/b7-6+,10-8+,11-9+,18-12+/t23-,25-,26-,27+,28-,29-,30+,31?,32-,33+,34-,35+,38+,39-/m1/s1. The molecule has 0 amide bonds. The van der Waals surface area contributed by atoms with E-state index < -0.39 is 110 Å². The average Bonchev–Trinajstić information content (AvgIpc) is 3.08. The molecule has 0 spiro atoms. The maximum atomic E-state index is 13.0. The number of carboxylic acids is 1. The Morgan fingerprint density at radius 3 is 2.33 bits per heavy atom. The van der Waals surface area contributed by atoms with E-state index in [9.17, 15) is 50.1 Å². The zero-order valence-corrected chi connectivity index (χ0v) is 31.5. The lowest BCUT2D eigenvalue weighted by atomic mass is 9.83. The van der Waals surface area contributed by atoms with Crippen LogP contribution in [0.3, 0.4) is 0 Å². The first-order chi connectivity index (χ1) is 25.6. The van der Waals surface area contributed by atoms with Gasteiger partial charge in [0.2, 0.25) is 0 Å². The first-order valence-corrected chi connectivity index (χ1v) is 19.1. The number of aliphatic carboxylic acids is 1. The molecule has 0 aliphatic carbocycles. The molecule has 0 radical (unpaired) electrons. The number of hydrogen-bond donors (Lipinski definition) is 8. The van der Waals surface area contributed by atoms with Crippen molar-refractivity contribution in [2.45, 2.75) is 164 Å². The number of fused-ring (bicyclic) bond motifs is 2. The van der Waals surface area contributed by atoms with E-state index in [1.165, 1.54) is 0 Å². The Hall–Kier alpha value is -2.83. The summed E-state index contributed by atoms with van der Waals surface area (Å²) in [6.45, 7) is 5.27. The minimum Gasteiger partial charge on any atom is -0.481 e. The number of allylic oxidation sites excluding steroid dienone is 6. The van der Waals surface area contributed by atoms with Gasteiger partial charge in [0.05, 0.1) is 54.7 Å². The van der Waals surface area contributed by atoms with Gasteiger partial charge in [-0.25, -0.2) is 0 Å². The van der Waals surface area contributed by atoms with Crippen LogP contribution in [0.4, 0.5) is 0 Å². The van der Waals surface area contributed by atoms with Crippen molar-refractivity contribution in [1.82, 2.24) is 0 Å². The van der Waals surface area contributed by atoms with Gasteiger partial charge in [0, 0.05) is 38.5 Å². The molecule has 9 N–H and O–H groups in total. The molecule has 0 aromatic carbocycles. The molecule has 3 rings (SSSR count). The predicted octanol–water partition coefficient (Wildman–Crippen LogP) is 1.70. The van der Waals surface area contributed by atoms with Crippen LogP contribution in [0.2, 0.25) is 0 Å². The van der Waals surface area contributed by atoms with Crippen molar-refractivity contribution >= 4 is 17.7 Å². The summed E-state index contributed by atoms with van der Waals surface area (Å²) in [5.74, 6) is -6.81. The van der Waals surface area contributed by atoms with Crippen LogP contribution in [0.5, 0.6) is 0 Å². The number of nitrogens with two attached hydrogens (primary N) is 1. The zero-order chi connectivity index (χ0) is 40.0. The molecule has 3 heterocycles. The highest BCUT2D eigenvalue weighted by Crippen LogP contribution is 2.38. The van der Waals surface area contributed by atoms with Gasteiger partial charge in [-0.05, 0) is 32.6 Å². The van der Waals surface area contributed by atoms with E-state index in [1.807, 2.05) is 13.0 Å². The fourth-order valence-corrected chi connectivity index (χ4v) is 7.15. The van der Waals surface area contributed by atoms with Crippen LogP contribution in [0.15, 0.2) is 48.6 Å². The van der Waals surface area contributed by atoms with Crippen LogP contribution < -0.4 is 5.73 Å². The second-order valence-electron chi connectivity index (χ2n) is 14.7. The summed E-state index contributed by atoms with van der Waals surface area (Å²) in [5.41, 5.74) is 6.00. The van der Waals surface area contributed by atoms with Gasteiger partial charge in [-0.3, -0.25) is 14.4 Å². The van der Waals surface area contributed by atoms with Crippen LogP contribution >= 0.6 is 0 Å².